The van der Waals surface area contributed by atoms with E-state index >= 15 is 0 Å². The van der Waals surface area contributed by atoms with Gasteiger partial charge in [-0.05, 0) is 23.8 Å². The number of carbonyl (C=O) groups is 1. The Balaban J connectivity index is 1.76. The number of carbonyl (C=O) groups excluding carboxylic acids is 1. The summed E-state index contributed by atoms with van der Waals surface area (Å²) in [5.41, 5.74) is 1.71. The third kappa shape index (κ3) is 3.04. The highest BCUT2D eigenvalue weighted by Gasteiger charge is 2.14. The molecule has 0 bridgehead atoms. The van der Waals surface area contributed by atoms with Crippen molar-refractivity contribution in [3.05, 3.63) is 54.9 Å². The number of thiazole rings is 1. The molecule has 25 heavy (non-hydrogen) atoms. The van der Waals surface area contributed by atoms with Crippen molar-refractivity contribution in [2.24, 2.45) is 0 Å². The van der Waals surface area contributed by atoms with Crippen molar-refractivity contribution in [2.45, 2.75) is 6.92 Å². The Labute approximate surface area is 147 Å². The molecule has 6 heteroatoms. The van der Waals surface area contributed by atoms with Gasteiger partial charge < -0.3 is 9.47 Å². The van der Waals surface area contributed by atoms with Crippen LogP contribution in [0.2, 0.25) is 0 Å². The van der Waals surface area contributed by atoms with Gasteiger partial charge in [0.15, 0.2) is 5.75 Å². The summed E-state index contributed by atoms with van der Waals surface area (Å²) in [7, 11) is 0. The number of rotatable bonds is 3. The van der Waals surface area contributed by atoms with Crippen LogP contribution in [-0.2, 0) is 4.74 Å². The van der Waals surface area contributed by atoms with Crippen molar-refractivity contribution in [1.29, 1.82) is 0 Å². The minimum atomic E-state index is -0.738. The maximum atomic E-state index is 11.6. The van der Waals surface area contributed by atoms with Gasteiger partial charge in [0, 0.05) is 5.56 Å². The Morgan fingerprint density at radius 1 is 1.12 bits per heavy atom. The summed E-state index contributed by atoms with van der Waals surface area (Å²) >= 11 is 1.46. The average molecular weight is 350 g/mol. The molecule has 4 aromatic rings. The van der Waals surface area contributed by atoms with Crippen molar-refractivity contribution < 1.29 is 14.3 Å². The molecule has 0 saturated carbocycles. The molecule has 2 aromatic heterocycles. The van der Waals surface area contributed by atoms with E-state index in [-0.39, 0.29) is 6.61 Å². The number of fused-ring (bicyclic) bond motifs is 2. The van der Waals surface area contributed by atoms with Gasteiger partial charge in [-0.1, -0.05) is 36.4 Å². The number of ether oxygens (including phenoxy) is 2. The topological polar surface area (TPSA) is 61.3 Å². The quantitative estimate of drug-likeness (QED) is 0.484. The molecule has 124 valence electrons. The molecule has 0 radical (unpaired) electrons. The Hall–Kier alpha value is -2.99. The van der Waals surface area contributed by atoms with Crippen LogP contribution in [0.3, 0.4) is 0 Å². The number of hydrogen-bond donors (Lipinski definition) is 0. The molecule has 0 aliphatic carbocycles. The minimum absolute atomic E-state index is 0.257. The Morgan fingerprint density at radius 3 is 2.80 bits per heavy atom. The molecule has 2 heterocycles. The normalized spacial score (nSPS) is 10.9. The van der Waals surface area contributed by atoms with Crippen LogP contribution in [0, 0.1) is 0 Å². The maximum absolute atomic E-state index is 11.6. The summed E-state index contributed by atoms with van der Waals surface area (Å²) in [5, 5.41) is 3.18. The first-order valence-corrected chi connectivity index (χ1v) is 8.64. The Kier molecular flexibility index (Phi) is 4.03. The van der Waals surface area contributed by atoms with Crippen LogP contribution in [-0.4, -0.2) is 22.7 Å². The van der Waals surface area contributed by atoms with Crippen molar-refractivity contribution in [2.75, 3.05) is 6.61 Å². The van der Waals surface area contributed by atoms with Crippen LogP contribution in [0.5, 0.6) is 5.75 Å². The third-order valence-electron chi connectivity index (χ3n) is 3.72. The molecule has 4 rings (SSSR count). The summed E-state index contributed by atoms with van der Waals surface area (Å²) in [6.07, 6.45) is 2.42. The van der Waals surface area contributed by atoms with E-state index in [4.69, 9.17) is 9.47 Å². The van der Waals surface area contributed by atoms with E-state index in [0.29, 0.717) is 11.3 Å². The fraction of sp³-hybridized carbons (Fsp3) is 0.105. The van der Waals surface area contributed by atoms with Gasteiger partial charge in [0.1, 0.15) is 15.2 Å². The summed E-state index contributed by atoms with van der Waals surface area (Å²) < 4.78 is 10.8. The fourth-order valence-corrected chi connectivity index (χ4v) is 3.57. The molecule has 0 aliphatic rings. The minimum Gasteiger partial charge on any atom is -0.434 e. The molecule has 0 N–H and O–H groups in total. The zero-order chi connectivity index (χ0) is 17.2. The predicted molar refractivity (Wildman–Crippen MR) is 98.0 cm³/mol. The van der Waals surface area contributed by atoms with Gasteiger partial charge in [0.05, 0.1) is 19.0 Å². The summed E-state index contributed by atoms with van der Waals surface area (Å²) in [6, 6.07) is 14.4. The molecule has 0 amide bonds. The number of benzene rings is 2. The number of hydrogen-bond acceptors (Lipinski definition) is 6. The van der Waals surface area contributed by atoms with E-state index in [1.165, 1.54) is 22.9 Å². The molecular weight excluding hydrogens is 336 g/mol. The lowest BCUT2D eigenvalue weighted by Crippen LogP contribution is -2.10. The average Bonchev–Trinajstić information content (AvgIpc) is 3.07. The summed E-state index contributed by atoms with van der Waals surface area (Å²) in [4.78, 5) is 20.3. The van der Waals surface area contributed by atoms with Crippen LogP contribution in [0.4, 0.5) is 4.79 Å². The van der Waals surface area contributed by atoms with E-state index in [0.717, 1.165) is 20.7 Å². The molecule has 0 fully saturated rings. The van der Waals surface area contributed by atoms with Gasteiger partial charge in [0.25, 0.3) is 0 Å². The van der Waals surface area contributed by atoms with E-state index in [1.54, 1.807) is 13.1 Å². The third-order valence-corrected chi connectivity index (χ3v) is 4.85. The van der Waals surface area contributed by atoms with Crippen LogP contribution in [0.1, 0.15) is 6.92 Å². The van der Waals surface area contributed by atoms with E-state index in [9.17, 15) is 4.79 Å². The summed E-state index contributed by atoms with van der Waals surface area (Å²) in [5.74, 6) is 0.362. The first-order valence-electron chi connectivity index (χ1n) is 7.83. The number of aromatic nitrogens is 2. The number of pyridine rings is 1. The first-order chi connectivity index (χ1) is 12.2. The van der Waals surface area contributed by atoms with E-state index in [1.807, 2.05) is 18.2 Å². The van der Waals surface area contributed by atoms with Crippen LogP contribution in [0.15, 0.2) is 54.9 Å². The van der Waals surface area contributed by atoms with Crippen LogP contribution < -0.4 is 4.74 Å². The van der Waals surface area contributed by atoms with Crippen LogP contribution >= 0.6 is 11.3 Å². The second-order valence-electron chi connectivity index (χ2n) is 5.35. The molecule has 0 atom stereocenters. The Morgan fingerprint density at radius 2 is 1.96 bits per heavy atom. The lowest BCUT2D eigenvalue weighted by molar-refractivity contribution is 0.105. The lowest BCUT2D eigenvalue weighted by atomic mass is 10.1. The van der Waals surface area contributed by atoms with Gasteiger partial charge in [-0.15, -0.1) is 11.3 Å². The maximum Gasteiger partial charge on any atom is 0.513 e. The highest BCUT2D eigenvalue weighted by Crippen LogP contribution is 2.36. The van der Waals surface area contributed by atoms with Crippen molar-refractivity contribution >= 4 is 38.5 Å². The fourth-order valence-electron chi connectivity index (χ4n) is 2.59. The standard InChI is InChI=1S/C19H14N2O3S/c1-2-23-19(22)24-16-11-20-10-15-17(16)25-18(21-15)14-8-7-12-5-3-4-6-13(12)9-14/h3-11H,2H2,1H3. The smallest absolute Gasteiger partial charge is 0.434 e. The van der Waals surface area contributed by atoms with E-state index < -0.39 is 6.16 Å². The monoisotopic (exact) mass is 350 g/mol. The lowest BCUT2D eigenvalue weighted by Gasteiger charge is -2.03. The molecule has 0 aliphatic heterocycles. The zero-order valence-corrected chi connectivity index (χ0v) is 14.2. The molecule has 0 spiro atoms. The number of nitrogens with zero attached hydrogens (tertiary/aromatic N) is 2. The second kappa shape index (κ2) is 6.49. The van der Waals surface area contributed by atoms with E-state index in [2.05, 4.69) is 34.2 Å². The van der Waals surface area contributed by atoms with Gasteiger partial charge in [-0.3, -0.25) is 4.98 Å². The highest BCUT2D eigenvalue weighted by atomic mass is 32.1. The van der Waals surface area contributed by atoms with Gasteiger partial charge in [0.2, 0.25) is 0 Å². The summed E-state index contributed by atoms with van der Waals surface area (Å²) in [6.45, 7) is 1.98. The second-order valence-corrected chi connectivity index (χ2v) is 6.35. The molecular formula is C19H14N2O3S. The predicted octanol–water partition coefficient (Wildman–Crippen LogP) is 5.05. The largest absolute Gasteiger partial charge is 0.513 e. The molecule has 0 unspecified atom stereocenters. The highest BCUT2D eigenvalue weighted by molar-refractivity contribution is 7.22. The van der Waals surface area contributed by atoms with Crippen molar-refractivity contribution in [3.63, 3.8) is 0 Å². The zero-order valence-electron chi connectivity index (χ0n) is 13.4. The first kappa shape index (κ1) is 15.5. The SMILES string of the molecule is CCOC(=O)Oc1cncc2nc(-c3ccc4ccccc4c3)sc12. The molecule has 5 nitrogen and oxygen atoms in total. The Bertz CT molecular complexity index is 1070. The molecule has 0 saturated heterocycles. The molecule has 2 aromatic carbocycles. The van der Waals surface area contributed by atoms with Gasteiger partial charge >= 0.3 is 6.16 Å². The van der Waals surface area contributed by atoms with Crippen molar-refractivity contribution in [1.82, 2.24) is 9.97 Å². The van der Waals surface area contributed by atoms with Crippen molar-refractivity contribution in [3.8, 4) is 16.3 Å². The van der Waals surface area contributed by atoms with Crippen LogP contribution in [0.25, 0.3) is 31.6 Å². The van der Waals surface area contributed by atoms with Gasteiger partial charge in [-0.25, -0.2) is 9.78 Å². The van der Waals surface area contributed by atoms with Gasteiger partial charge in [-0.2, -0.15) is 0 Å².